The summed E-state index contributed by atoms with van der Waals surface area (Å²) >= 11 is 0. The second kappa shape index (κ2) is 12.4. The third-order valence-corrected chi connectivity index (χ3v) is 5.07. The maximum Gasteiger partial charge on any atom is 0.293 e. The molecule has 172 valence electrons. The summed E-state index contributed by atoms with van der Waals surface area (Å²) < 4.78 is 23.1. The highest BCUT2D eigenvalue weighted by molar-refractivity contribution is 5.58. The van der Waals surface area contributed by atoms with Crippen molar-refractivity contribution < 1.29 is 28.5 Å². The van der Waals surface area contributed by atoms with Crippen LogP contribution in [0.5, 0.6) is 11.5 Å². The first-order valence-corrected chi connectivity index (χ1v) is 10.7. The van der Waals surface area contributed by atoms with Gasteiger partial charge in [-0.3, -0.25) is 4.79 Å². The lowest BCUT2D eigenvalue weighted by Gasteiger charge is -2.30. The van der Waals surface area contributed by atoms with Crippen LogP contribution in [0.25, 0.3) is 0 Å². The summed E-state index contributed by atoms with van der Waals surface area (Å²) in [6.45, 7) is 4.47. The van der Waals surface area contributed by atoms with E-state index in [0.717, 1.165) is 16.7 Å². The summed E-state index contributed by atoms with van der Waals surface area (Å²) in [4.78, 5) is 23.3. The molecule has 0 saturated carbocycles. The van der Waals surface area contributed by atoms with Crippen LogP contribution < -0.4 is 9.47 Å². The van der Waals surface area contributed by atoms with E-state index in [2.05, 4.69) is 0 Å². The van der Waals surface area contributed by atoms with E-state index >= 15 is 0 Å². The Kier molecular flexibility index (Phi) is 9.03. The van der Waals surface area contributed by atoms with Crippen molar-refractivity contribution in [2.75, 3.05) is 6.61 Å². The first kappa shape index (κ1) is 24.0. The molecule has 0 radical (unpaired) electrons. The zero-order chi connectivity index (χ0) is 23.5. The van der Waals surface area contributed by atoms with Gasteiger partial charge in [-0.05, 0) is 43.7 Å². The van der Waals surface area contributed by atoms with Crippen LogP contribution in [0.1, 0.15) is 16.7 Å². The van der Waals surface area contributed by atoms with Crippen LogP contribution >= 0.6 is 0 Å². The predicted octanol–water partition coefficient (Wildman–Crippen LogP) is 4.46. The van der Waals surface area contributed by atoms with Crippen molar-refractivity contribution in [1.29, 1.82) is 0 Å². The molecule has 0 aliphatic heterocycles. The summed E-state index contributed by atoms with van der Waals surface area (Å²) in [7, 11) is 0. The fourth-order valence-electron chi connectivity index (χ4n) is 3.22. The van der Waals surface area contributed by atoms with E-state index in [1.54, 1.807) is 0 Å². The normalized spacial score (nSPS) is 13.4. The van der Waals surface area contributed by atoms with Crippen molar-refractivity contribution in [3.8, 4) is 11.5 Å². The second-order valence-corrected chi connectivity index (χ2v) is 7.69. The highest BCUT2D eigenvalue weighted by Gasteiger charge is 2.35. The largest absolute Gasteiger partial charge is 0.490 e. The molecule has 0 heterocycles. The van der Waals surface area contributed by atoms with Gasteiger partial charge in [-0.2, -0.15) is 0 Å². The maximum absolute atomic E-state index is 11.9. The van der Waals surface area contributed by atoms with Crippen molar-refractivity contribution >= 4 is 12.8 Å². The van der Waals surface area contributed by atoms with Crippen molar-refractivity contribution in [2.45, 2.75) is 38.8 Å². The molecule has 6 heteroatoms. The quantitative estimate of drug-likeness (QED) is 0.360. The number of carbonyl (C=O) groups is 2. The van der Waals surface area contributed by atoms with Gasteiger partial charge >= 0.3 is 0 Å². The Balaban J connectivity index is 1.79. The van der Waals surface area contributed by atoms with Gasteiger partial charge in [-0.1, -0.05) is 65.7 Å². The zero-order valence-corrected chi connectivity index (χ0v) is 18.8. The molecule has 0 bridgehead atoms. The van der Waals surface area contributed by atoms with Gasteiger partial charge in [-0.15, -0.1) is 0 Å². The van der Waals surface area contributed by atoms with Gasteiger partial charge in [0.1, 0.15) is 18.1 Å². The molecule has 0 spiro atoms. The van der Waals surface area contributed by atoms with Crippen molar-refractivity contribution in [2.24, 2.45) is 0 Å². The van der Waals surface area contributed by atoms with Gasteiger partial charge in [0.2, 0.25) is 0 Å². The maximum atomic E-state index is 11.9. The summed E-state index contributed by atoms with van der Waals surface area (Å²) in [5, 5.41) is 0. The predicted molar refractivity (Wildman–Crippen MR) is 124 cm³/mol. The first-order valence-electron chi connectivity index (χ1n) is 10.7. The fraction of sp³-hybridized carbons (Fsp3) is 0.259. The van der Waals surface area contributed by atoms with Crippen molar-refractivity contribution in [3.05, 3.63) is 95.6 Å². The van der Waals surface area contributed by atoms with Crippen LogP contribution in [0.2, 0.25) is 0 Å². The molecule has 3 aromatic rings. The molecule has 3 rings (SSSR count). The third kappa shape index (κ3) is 7.47. The number of aryl methyl sites for hydroxylation is 2. The Morgan fingerprint density at radius 3 is 1.97 bits per heavy atom. The molecule has 0 aromatic heterocycles. The molecule has 0 aliphatic carbocycles. The Hall–Kier alpha value is -3.64. The monoisotopic (exact) mass is 448 g/mol. The Bertz CT molecular complexity index is 985. The van der Waals surface area contributed by atoms with Gasteiger partial charge in [0.05, 0.1) is 6.61 Å². The number of carbonyl (C=O) groups excluding carboxylic acids is 2. The van der Waals surface area contributed by atoms with E-state index in [9.17, 15) is 9.59 Å². The van der Waals surface area contributed by atoms with E-state index in [0.29, 0.717) is 24.3 Å². The van der Waals surface area contributed by atoms with Crippen LogP contribution in [0.15, 0.2) is 78.9 Å². The molecular formula is C27H28O6. The van der Waals surface area contributed by atoms with Gasteiger partial charge < -0.3 is 23.7 Å². The Morgan fingerprint density at radius 2 is 1.39 bits per heavy atom. The third-order valence-electron chi connectivity index (χ3n) is 5.07. The minimum atomic E-state index is -1.05. The number of hydrogen-bond donors (Lipinski definition) is 0. The van der Waals surface area contributed by atoms with E-state index in [1.807, 2.05) is 92.7 Å². The molecule has 0 fully saturated rings. The summed E-state index contributed by atoms with van der Waals surface area (Å²) in [6, 6.07) is 24.4. The van der Waals surface area contributed by atoms with Crippen LogP contribution in [0.3, 0.4) is 0 Å². The van der Waals surface area contributed by atoms with E-state index < -0.39 is 18.3 Å². The molecule has 0 unspecified atom stereocenters. The molecule has 0 saturated heterocycles. The van der Waals surface area contributed by atoms with E-state index in [4.69, 9.17) is 18.9 Å². The smallest absolute Gasteiger partial charge is 0.293 e. The molecule has 6 nitrogen and oxygen atoms in total. The highest BCUT2D eigenvalue weighted by Crippen LogP contribution is 2.20. The van der Waals surface area contributed by atoms with Crippen molar-refractivity contribution in [3.63, 3.8) is 0 Å². The van der Waals surface area contributed by atoms with E-state index in [1.165, 1.54) is 0 Å². The highest BCUT2D eigenvalue weighted by atomic mass is 16.6. The standard InChI is InChI=1S/C27H28O6/c1-20-8-12-23(13-9-20)30-18-26(33-24-14-10-21(2)11-15-24)27(32-19-29)25(16-28)31-17-22-6-4-3-5-7-22/h3-16,19,25-27H,17-18H2,1-2H3/t25-,26-,27+/m1/s1. The minimum absolute atomic E-state index is 0.0362. The first-order chi connectivity index (χ1) is 16.1. The lowest BCUT2D eigenvalue weighted by molar-refractivity contribution is -0.158. The van der Waals surface area contributed by atoms with Gasteiger partial charge in [0.25, 0.3) is 6.47 Å². The number of benzene rings is 3. The van der Waals surface area contributed by atoms with Crippen LogP contribution in [0.4, 0.5) is 0 Å². The number of ether oxygens (including phenoxy) is 4. The molecule has 3 aromatic carbocycles. The molecule has 33 heavy (non-hydrogen) atoms. The summed E-state index contributed by atoms with van der Waals surface area (Å²) in [6.07, 6.45) is -2.25. The zero-order valence-electron chi connectivity index (χ0n) is 18.8. The molecule has 0 aliphatic rings. The van der Waals surface area contributed by atoms with Gasteiger partial charge in [0.15, 0.2) is 24.6 Å². The van der Waals surface area contributed by atoms with Crippen molar-refractivity contribution in [1.82, 2.24) is 0 Å². The van der Waals surface area contributed by atoms with Crippen LogP contribution in [0, 0.1) is 13.8 Å². The fourth-order valence-corrected chi connectivity index (χ4v) is 3.22. The second-order valence-electron chi connectivity index (χ2n) is 7.69. The molecular weight excluding hydrogens is 420 g/mol. The summed E-state index contributed by atoms with van der Waals surface area (Å²) in [5.74, 6) is 1.20. The lowest BCUT2D eigenvalue weighted by atomic mass is 10.1. The summed E-state index contributed by atoms with van der Waals surface area (Å²) in [5.41, 5.74) is 3.07. The Labute approximate surface area is 194 Å². The minimum Gasteiger partial charge on any atom is -0.490 e. The van der Waals surface area contributed by atoms with Crippen LogP contribution in [-0.4, -0.2) is 37.7 Å². The van der Waals surface area contributed by atoms with Crippen LogP contribution in [-0.2, 0) is 25.7 Å². The topological polar surface area (TPSA) is 71.1 Å². The average molecular weight is 449 g/mol. The van der Waals surface area contributed by atoms with Gasteiger partial charge in [-0.25, -0.2) is 0 Å². The Morgan fingerprint density at radius 1 is 0.788 bits per heavy atom. The average Bonchev–Trinajstić information content (AvgIpc) is 2.84. The van der Waals surface area contributed by atoms with Gasteiger partial charge in [0, 0.05) is 0 Å². The number of aldehydes is 1. The number of hydrogen-bond acceptors (Lipinski definition) is 6. The number of rotatable bonds is 13. The SMILES string of the molecule is Cc1ccc(OC[C@@H](Oc2ccc(C)cc2)[C@@H](OC=O)[C@@H](C=O)OCc2ccccc2)cc1. The molecule has 3 atom stereocenters. The molecule has 0 amide bonds. The molecule has 0 N–H and O–H groups in total. The van der Waals surface area contributed by atoms with E-state index in [-0.39, 0.29) is 13.2 Å². The lowest BCUT2D eigenvalue weighted by Crippen LogP contribution is -2.48.